The Balaban J connectivity index is 0.000000141. The topological polar surface area (TPSA) is 19.7 Å². The number of nitrogens with zero attached hydrogens (tertiary/aromatic N) is 4. The lowest BCUT2D eigenvalue weighted by Gasteiger charge is -2.14. The summed E-state index contributed by atoms with van der Waals surface area (Å²) < 4.78 is 9.48. The van der Waals surface area contributed by atoms with Crippen molar-refractivity contribution in [2.75, 3.05) is 0 Å². The van der Waals surface area contributed by atoms with Gasteiger partial charge in [0.1, 0.15) is 0 Å². The van der Waals surface area contributed by atoms with Crippen molar-refractivity contribution in [3.8, 4) is 101 Å². The Hall–Kier alpha value is -14.1. The van der Waals surface area contributed by atoms with Crippen LogP contribution in [0.5, 0.6) is 0 Å². The molecule has 0 bridgehead atoms. The van der Waals surface area contributed by atoms with Crippen LogP contribution in [0.3, 0.4) is 0 Å². The van der Waals surface area contributed by atoms with E-state index < -0.39 is 0 Å². The summed E-state index contributed by atoms with van der Waals surface area (Å²) in [5.74, 6) is 0. The van der Waals surface area contributed by atoms with Gasteiger partial charge in [0, 0.05) is 65.8 Å². The molecular formula is C102H68N4. The summed E-state index contributed by atoms with van der Waals surface area (Å²) in [4.78, 5) is 0. The Morgan fingerprint density at radius 3 is 0.491 bits per heavy atom. The molecule has 17 aromatic carbocycles. The lowest BCUT2D eigenvalue weighted by Crippen LogP contribution is -1.94. The van der Waals surface area contributed by atoms with E-state index in [1.807, 2.05) is 0 Å². The van der Waals surface area contributed by atoms with Gasteiger partial charge in [0.25, 0.3) is 0 Å². The third kappa shape index (κ3) is 10.9. The normalized spacial score (nSPS) is 11.6. The van der Waals surface area contributed by atoms with Crippen LogP contribution in [0.2, 0.25) is 0 Å². The summed E-state index contributed by atoms with van der Waals surface area (Å²) in [6, 6.07) is 150. The third-order valence-electron chi connectivity index (χ3n) is 21.5. The van der Waals surface area contributed by atoms with Crippen LogP contribution in [0.4, 0.5) is 0 Å². The number of benzene rings is 17. The molecule has 0 fully saturated rings. The molecule has 0 saturated carbocycles. The van der Waals surface area contributed by atoms with Crippen molar-refractivity contribution < 1.29 is 0 Å². The molecule has 496 valence electrons. The maximum atomic E-state index is 2.38. The first-order chi connectivity index (χ1) is 52.6. The highest BCUT2D eigenvalue weighted by atomic mass is 15.0. The molecule has 0 aliphatic carbocycles. The minimum atomic E-state index is 1.16. The predicted octanol–water partition coefficient (Wildman–Crippen LogP) is 27.4. The molecule has 0 atom stereocenters. The Morgan fingerprint density at radius 1 is 0.104 bits per heavy atom. The largest absolute Gasteiger partial charge is 0.309 e. The highest BCUT2D eigenvalue weighted by Crippen LogP contribution is 2.41. The second-order valence-corrected chi connectivity index (χ2v) is 27.6. The van der Waals surface area contributed by atoms with Crippen molar-refractivity contribution in [2.45, 2.75) is 0 Å². The molecule has 21 aromatic rings. The number of fused-ring (bicyclic) bond motifs is 12. The molecule has 4 nitrogen and oxygen atoms in total. The molecule has 0 saturated heterocycles. The molecule has 4 heteroatoms. The van der Waals surface area contributed by atoms with Gasteiger partial charge in [-0.15, -0.1) is 0 Å². The second kappa shape index (κ2) is 26.1. The van der Waals surface area contributed by atoms with Crippen LogP contribution < -0.4 is 0 Å². The molecule has 4 aromatic heterocycles. The monoisotopic (exact) mass is 1350 g/mol. The predicted molar refractivity (Wildman–Crippen MR) is 448 cm³/mol. The van der Waals surface area contributed by atoms with Gasteiger partial charge in [-0.3, -0.25) is 0 Å². The summed E-state index contributed by atoms with van der Waals surface area (Å²) in [7, 11) is 0. The fourth-order valence-corrected chi connectivity index (χ4v) is 16.4. The van der Waals surface area contributed by atoms with Crippen LogP contribution >= 0.6 is 0 Å². The van der Waals surface area contributed by atoms with Gasteiger partial charge < -0.3 is 18.3 Å². The van der Waals surface area contributed by atoms with E-state index in [9.17, 15) is 0 Å². The number of para-hydroxylation sites is 8. The van der Waals surface area contributed by atoms with Crippen molar-refractivity contribution in [2.24, 2.45) is 0 Å². The SMILES string of the molecule is c1cc(-c2ccc(-n3c4ccccc4c4ccccc43)cc2)cc(-c2cccc(-c3ccc(-n4c5ccccc5c5ccccc54)cc3)c2)c1.c1ccc(-c2cc(-c3ccc(-n4c5ccccc5c5ccccc54)cc3)cc(-c3cccc(-c4ccc(-n5c6ccccc6c6ccccc65)cc4)c3)c2)cc1. The molecule has 0 amide bonds. The van der Waals surface area contributed by atoms with Crippen molar-refractivity contribution in [1.29, 1.82) is 0 Å². The minimum absolute atomic E-state index is 1.16. The second-order valence-electron chi connectivity index (χ2n) is 27.6. The molecule has 4 heterocycles. The molecule has 0 unspecified atom stereocenters. The van der Waals surface area contributed by atoms with Crippen LogP contribution in [0.1, 0.15) is 0 Å². The lowest BCUT2D eigenvalue weighted by atomic mass is 9.92. The Labute approximate surface area is 614 Å². The summed E-state index contributed by atoms with van der Waals surface area (Å²) in [6.07, 6.45) is 0. The summed E-state index contributed by atoms with van der Waals surface area (Å²) >= 11 is 0. The van der Waals surface area contributed by atoms with E-state index in [0.717, 1.165) is 11.4 Å². The smallest absolute Gasteiger partial charge is 0.0541 e. The summed E-state index contributed by atoms with van der Waals surface area (Å²) in [6.45, 7) is 0. The maximum absolute atomic E-state index is 2.38. The van der Waals surface area contributed by atoms with Crippen LogP contribution in [0, 0.1) is 0 Å². The van der Waals surface area contributed by atoms with Crippen molar-refractivity contribution in [3.63, 3.8) is 0 Å². The van der Waals surface area contributed by atoms with Gasteiger partial charge in [-0.05, 0) is 211 Å². The standard InChI is InChI=1S/C54H36N2.C48H32N2/c1-2-13-37(14-3-1)42-34-43(39-27-31-46(32-28-39)56-53-23-10-6-19-49(53)50-20-7-11-24-54(50)56)36-44(35-42)41-16-12-15-40(33-41)38-25-29-45(30-26-38)55-51-21-8-4-17-47(51)48-18-5-9-22-52(48)55;1-5-19-45-41(15-1)42-16-2-6-20-46(42)49(45)39-27-23-33(24-28-39)35-11-9-13-37(31-35)38-14-10-12-36(32-38)34-25-29-40(30-26-34)50-47-21-7-3-17-43(47)44-18-4-8-22-48(44)50/h1-36H;1-32H. The van der Waals surface area contributed by atoms with E-state index in [1.165, 1.54) is 176 Å². The molecule has 0 radical (unpaired) electrons. The highest BCUT2D eigenvalue weighted by molar-refractivity contribution is 6.12. The summed E-state index contributed by atoms with van der Waals surface area (Å²) in [5.41, 5.74) is 31.2. The molecule has 0 aliphatic rings. The van der Waals surface area contributed by atoms with E-state index in [0.29, 0.717) is 0 Å². The van der Waals surface area contributed by atoms with Crippen LogP contribution in [0.15, 0.2) is 413 Å². The van der Waals surface area contributed by atoms with Crippen molar-refractivity contribution >= 4 is 87.2 Å². The van der Waals surface area contributed by atoms with Crippen LogP contribution in [-0.4, -0.2) is 18.3 Å². The zero-order valence-corrected chi connectivity index (χ0v) is 58.0. The van der Waals surface area contributed by atoms with E-state index in [-0.39, 0.29) is 0 Å². The average molecular weight is 1350 g/mol. The van der Waals surface area contributed by atoms with E-state index in [1.54, 1.807) is 0 Å². The van der Waals surface area contributed by atoms with E-state index in [4.69, 9.17) is 0 Å². The maximum Gasteiger partial charge on any atom is 0.0541 e. The van der Waals surface area contributed by atoms with Gasteiger partial charge in [0.05, 0.1) is 44.1 Å². The number of hydrogen-bond donors (Lipinski definition) is 0. The van der Waals surface area contributed by atoms with Gasteiger partial charge in [-0.25, -0.2) is 0 Å². The average Bonchev–Trinajstić information content (AvgIpc) is 1.61. The first-order valence-corrected chi connectivity index (χ1v) is 36.4. The van der Waals surface area contributed by atoms with Crippen molar-refractivity contribution in [3.05, 3.63) is 413 Å². The van der Waals surface area contributed by atoms with Gasteiger partial charge in [-0.1, -0.05) is 279 Å². The Morgan fingerprint density at radius 2 is 0.255 bits per heavy atom. The van der Waals surface area contributed by atoms with Gasteiger partial charge in [0.15, 0.2) is 0 Å². The van der Waals surface area contributed by atoms with E-state index in [2.05, 4.69) is 431 Å². The first-order valence-electron chi connectivity index (χ1n) is 36.4. The van der Waals surface area contributed by atoms with Crippen LogP contribution in [0.25, 0.3) is 188 Å². The quantitative estimate of drug-likeness (QED) is 0.123. The van der Waals surface area contributed by atoms with Gasteiger partial charge in [0.2, 0.25) is 0 Å². The molecule has 0 aliphatic heterocycles. The fraction of sp³-hybridized carbons (Fsp3) is 0. The van der Waals surface area contributed by atoms with Crippen LogP contribution in [-0.2, 0) is 0 Å². The highest BCUT2D eigenvalue weighted by Gasteiger charge is 2.18. The molecule has 0 spiro atoms. The molecular weight excluding hydrogens is 1280 g/mol. The minimum Gasteiger partial charge on any atom is -0.309 e. The zero-order chi connectivity index (χ0) is 70.0. The zero-order valence-electron chi connectivity index (χ0n) is 58.0. The number of rotatable bonds is 11. The Bertz CT molecular complexity index is 6490. The lowest BCUT2D eigenvalue weighted by molar-refractivity contribution is 1.18. The first kappa shape index (κ1) is 61.8. The van der Waals surface area contributed by atoms with E-state index >= 15 is 0 Å². The molecule has 106 heavy (non-hydrogen) atoms. The summed E-state index contributed by atoms with van der Waals surface area (Å²) in [5, 5.41) is 10.2. The fourth-order valence-electron chi connectivity index (χ4n) is 16.4. The van der Waals surface area contributed by atoms with Gasteiger partial charge >= 0.3 is 0 Å². The Kier molecular flexibility index (Phi) is 15.2. The van der Waals surface area contributed by atoms with Crippen molar-refractivity contribution in [1.82, 2.24) is 18.3 Å². The molecule has 21 rings (SSSR count). The molecule has 0 N–H and O–H groups in total. The third-order valence-corrected chi connectivity index (χ3v) is 21.5. The number of aromatic nitrogens is 4. The van der Waals surface area contributed by atoms with Gasteiger partial charge in [-0.2, -0.15) is 0 Å². The number of hydrogen-bond acceptors (Lipinski definition) is 0.